The van der Waals surface area contributed by atoms with Crippen LogP contribution in [0.2, 0.25) is 0 Å². The fourth-order valence-electron chi connectivity index (χ4n) is 3.00. The van der Waals surface area contributed by atoms with Crippen molar-refractivity contribution >= 4 is 11.6 Å². The average molecular weight is 288 g/mol. The zero-order valence-corrected chi connectivity index (χ0v) is 13.1. The molecule has 1 aliphatic rings. The van der Waals surface area contributed by atoms with Gasteiger partial charge in [-0.05, 0) is 26.2 Å². The van der Waals surface area contributed by atoms with Crippen molar-refractivity contribution in [3.63, 3.8) is 0 Å². The molecule has 3 rings (SSSR count). The molecule has 114 valence electrons. The van der Waals surface area contributed by atoms with Crippen LogP contribution in [0.15, 0.2) is 12.4 Å². The predicted octanol–water partition coefficient (Wildman–Crippen LogP) is 1.79. The number of hydrogen-bond donors (Lipinski definition) is 1. The lowest BCUT2D eigenvalue weighted by atomic mass is 10.0. The van der Waals surface area contributed by atoms with Crippen molar-refractivity contribution in [2.45, 2.75) is 52.1 Å². The monoisotopic (exact) mass is 288 g/mol. The SMILES string of the molecule is Cc1cc(N2CCCCC2CNC(C)C)n2ncnc2n1. The second kappa shape index (κ2) is 5.97. The first-order valence-electron chi connectivity index (χ1n) is 7.82. The Bertz CT molecular complexity index is 605. The van der Waals surface area contributed by atoms with Crippen LogP contribution in [0.25, 0.3) is 5.78 Å². The Kier molecular flexibility index (Phi) is 4.05. The molecule has 21 heavy (non-hydrogen) atoms. The van der Waals surface area contributed by atoms with Gasteiger partial charge in [-0.15, -0.1) is 0 Å². The second-order valence-electron chi connectivity index (χ2n) is 6.13. The highest BCUT2D eigenvalue weighted by Crippen LogP contribution is 2.25. The molecule has 2 aromatic heterocycles. The Morgan fingerprint density at radius 2 is 2.24 bits per heavy atom. The third-order valence-corrected chi connectivity index (χ3v) is 4.04. The van der Waals surface area contributed by atoms with Gasteiger partial charge in [-0.2, -0.15) is 14.6 Å². The third-order valence-electron chi connectivity index (χ3n) is 4.04. The number of rotatable bonds is 4. The van der Waals surface area contributed by atoms with Crippen LogP contribution in [0.3, 0.4) is 0 Å². The molecule has 1 unspecified atom stereocenters. The molecule has 1 atom stereocenters. The van der Waals surface area contributed by atoms with Crippen LogP contribution >= 0.6 is 0 Å². The van der Waals surface area contributed by atoms with Crippen LogP contribution in [-0.4, -0.2) is 44.8 Å². The average Bonchev–Trinajstić information content (AvgIpc) is 2.92. The topological polar surface area (TPSA) is 58.4 Å². The zero-order valence-electron chi connectivity index (χ0n) is 13.1. The van der Waals surface area contributed by atoms with Crippen molar-refractivity contribution in [2.75, 3.05) is 18.0 Å². The molecule has 0 spiro atoms. The molecule has 0 radical (unpaired) electrons. The Morgan fingerprint density at radius 3 is 3.05 bits per heavy atom. The maximum atomic E-state index is 4.44. The number of nitrogens with zero attached hydrogens (tertiary/aromatic N) is 5. The van der Waals surface area contributed by atoms with E-state index in [9.17, 15) is 0 Å². The first-order valence-corrected chi connectivity index (χ1v) is 7.82. The summed E-state index contributed by atoms with van der Waals surface area (Å²) in [6, 6.07) is 3.14. The van der Waals surface area contributed by atoms with Gasteiger partial charge in [0.1, 0.15) is 12.1 Å². The number of aromatic nitrogens is 4. The maximum Gasteiger partial charge on any atom is 0.254 e. The summed E-state index contributed by atoms with van der Waals surface area (Å²) in [4.78, 5) is 11.1. The molecule has 3 heterocycles. The largest absolute Gasteiger partial charge is 0.352 e. The van der Waals surface area contributed by atoms with E-state index in [1.54, 1.807) is 6.33 Å². The number of anilines is 1. The van der Waals surface area contributed by atoms with Gasteiger partial charge in [-0.25, -0.2) is 4.98 Å². The van der Waals surface area contributed by atoms with Crippen molar-refractivity contribution in [3.05, 3.63) is 18.1 Å². The molecule has 1 fully saturated rings. The van der Waals surface area contributed by atoms with E-state index < -0.39 is 0 Å². The predicted molar refractivity (Wildman–Crippen MR) is 83.6 cm³/mol. The summed E-state index contributed by atoms with van der Waals surface area (Å²) >= 11 is 0. The van der Waals surface area contributed by atoms with Crippen LogP contribution in [0.4, 0.5) is 5.82 Å². The summed E-state index contributed by atoms with van der Waals surface area (Å²) in [5.74, 6) is 1.80. The molecule has 1 aliphatic heterocycles. The van der Waals surface area contributed by atoms with Gasteiger partial charge >= 0.3 is 0 Å². The van der Waals surface area contributed by atoms with Crippen LogP contribution in [0, 0.1) is 6.92 Å². The number of aryl methyl sites for hydroxylation is 1. The molecular weight excluding hydrogens is 264 g/mol. The standard InChI is InChI=1S/C15H24N6/c1-11(2)16-9-13-6-4-5-7-20(13)14-8-12(3)19-15-17-10-18-21(14)15/h8,10-11,13,16H,4-7,9H2,1-3H3. The van der Waals surface area contributed by atoms with Crippen molar-refractivity contribution in [2.24, 2.45) is 0 Å². The van der Waals surface area contributed by atoms with Gasteiger partial charge in [0.25, 0.3) is 5.78 Å². The fraction of sp³-hybridized carbons (Fsp3) is 0.667. The minimum Gasteiger partial charge on any atom is -0.352 e. The Balaban J connectivity index is 1.92. The van der Waals surface area contributed by atoms with E-state index in [0.717, 1.165) is 24.6 Å². The Labute approximate surface area is 125 Å². The van der Waals surface area contributed by atoms with E-state index >= 15 is 0 Å². The number of fused-ring (bicyclic) bond motifs is 1. The van der Waals surface area contributed by atoms with Gasteiger partial charge in [-0.3, -0.25) is 0 Å². The van der Waals surface area contributed by atoms with Gasteiger partial charge in [-0.1, -0.05) is 13.8 Å². The second-order valence-corrected chi connectivity index (χ2v) is 6.13. The fourth-order valence-corrected chi connectivity index (χ4v) is 3.00. The highest BCUT2D eigenvalue weighted by Gasteiger charge is 2.25. The maximum absolute atomic E-state index is 4.44. The van der Waals surface area contributed by atoms with Crippen LogP contribution in [0.5, 0.6) is 0 Å². The quantitative estimate of drug-likeness (QED) is 0.929. The van der Waals surface area contributed by atoms with Crippen LogP contribution < -0.4 is 10.2 Å². The first kappa shape index (κ1) is 14.3. The van der Waals surface area contributed by atoms with Gasteiger partial charge in [0.05, 0.1) is 0 Å². The molecule has 0 bridgehead atoms. The molecular formula is C15H24N6. The van der Waals surface area contributed by atoms with E-state index in [0.29, 0.717) is 17.9 Å². The van der Waals surface area contributed by atoms with E-state index in [2.05, 4.69) is 45.2 Å². The molecule has 0 saturated carbocycles. The summed E-state index contributed by atoms with van der Waals surface area (Å²) in [5.41, 5.74) is 0.992. The van der Waals surface area contributed by atoms with Crippen molar-refractivity contribution in [1.82, 2.24) is 24.9 Å². The van der Waals surface area contributed by atoms with Gasteiger partial charge < -0.3 is 10.2 Å². The Hall–Kier alpha value is -1.69. The van der Waals surface area contributed by atoms with Crippen LogP contribution in [-0.2, 0) is 0 Å². The zero-order chi connectivity index (χ0) is 14.8. The molecule has 1 saturated heterocycles. The van der Waals surface area contributed by atoms with E-state index in [1.807, 2.05) is 11.4 Å². The minimum absolute atomic E-state index is 0.510. The van der Waals surface area contributed by atoms with Crippen LogP contribution in [0.1, 0.15) is 38.8 Å². The highest BCUT2D eigenvalue weighted by molar-refractivity contribution is 5.48. The van der Waals surface area contributed by atoms with Gasteiger partial charge in [0, 0.05) is 36.9 Å². The molecule has 6 heteroatoms. The molecule has 1 N–H and O–H groups in total. The molecule has 0 aliphatic carbocycles. The summed E-state index contributed by atoms with van der Waals surface area (Å²) in [6.07, 6.45) is 5.33. The lowest BCUT2D eigenvalue weighted by Crippen LogP contribution is -2.47. The normalized spacial score (nSPS) is 19.6. The number of nitrogens with one attached hydrogen (secondary N) is 1. The van der Waals surface area contributed by atoms with E-state index in [4.69, 9.17) is 0 Å². The third kappa shape index (κ3) is 3.00. The number of hydrogen-bond acceptors (Lipinski definition) is 5. The first-order chi connectivity index (χ1) is 10.1. The summed E-state index contributed by atoms with van der Waals surface area (Å²) in [7, 11) is 0. The van der Waals surface area contributed by atoms with Crippen molar-refractivity contribution in [1.29, 1.82) is 0 Å². The Morgan fingerprint density at radius 1 is 1.38 bits per heavy atom. The molecule has 0 aromatic carbocycles. The van der Waals surface area contributed by atoms with Crippen molar-refractivity contribution in [3.8, 4) is 0 Å². The van der Waals surface area contributed by atoms with E-state index in [1.165, 1.54) is 19.3 Å². The van der Waals surface area contributed by atoms with E-state index in [-0.39, 0.29) is 0 Å². The molecule has 0 amide bonds. The van der Waals surface area contributed by atoms with Gasteiger partial charge in [0.15, 0.2) is 0 Å². The van der Waals surface area contributed by atoms with Crippen molar-refractivity contribution < 1.29 is 0 Å². The summed E-state index contributed by atoms with van der Waals surface area (Å²) < 4.78 is 1.86. The summed E-state index contributed by atoms with van der Waals surface area (Å²) in [6.45, 7) is 8.49. The molecule has 2 aromatic rings. The summed E-state index contributed by atoms with van der Waals surface area (Å²) in [5, 5.41) is 7.91. The highest BCUT2D eigenvalue weighted by atomic mass is 15.4. The molecule has 6 nitrogen and oxygen atoms in total. The lowest BCUT2D eigenvalue weighted by molar-refractivity contribution is 0.416. The van der Waals surface area contributed by atoms with Gasteiger partial charge in [0.2, 0.25) is 0 Å². The minimum atomic E-state index is 0.510. The lowest BCUT2D eigenvalue weighted by Gasteiger charge is -2.38. The smallest absolute Gasteiger partial charge is 0.254 e. The number of piperidine rings is 1.